The first-order valence-corrected chi connectivity index (χ1v) is 4.99. The van der Waals surface area contributed by atoms with Gasteiger partial charge in [-0.1, -0.05) is 0 Å². The molecule has 0 aromatic carbocycles. The average Bonchev–Trinajstić information content (AvgIpc) is 2.22. The van der Waals surface area contributed by atoms with E-state index in [4.69, 9.17) is 25.3 Å². The van der Waals surface area contributed by atoms with E-state index in [1.54, 1.807) is 0 Å². The summed E-state index contributed by atoms with van der Waals surface area (Å²) >= 11 is 0. The zero-order valence-corrected chi connectivity index (χ0v) is 8.40. The quantitative estimate of drug-likeness (QED) is 0.240. The number of hydrogen-bond acceptors (Lipinski definition) is 7. The molecule has 0 fully saturated rings. The molecular formula is C6H12O8P+. The first kappa shape index (κ1) is 14.5. The number of carbonyl (C=O) groups excluding carboxylic acids is 1. The van der Waals surface area contributed by atoms with Gasteiger partial charge in [-0.2, -0.15) is 0 Å². The molecule has 9 heteroatoms. The lowest BCUT2D eigenvalue weighted by Crippen LogP contribution is -2.46. The molecule has 0 aliphatic rings. The highest BCUT2D eigenvalue weighted by Crippen LogP contribution is 2.16. The van der Waals surface area contributed by atoms with Gasteiger partial charge in [0.25, 0.3) is 0 Å². The topological polar surface area (TPSA) is 145 Å². The maximum atomic E-state index is 10.1. The van der Waals surface area contributed by atoms with Gasteiger partial charge in [-0.05, 0) is 0 Å². The number of hydrogen-bond donors (Lipinski definition) is 5. The van der Waals surface area contributed by atoms with Gasteiger partial charge in [0.15, 0.2) is 6.29 Å². The van der Waals surface area contributed by atoms with Crippen molar-refractivity contribution in [1.82, 2.24) is 0 Å². The maximum absolute atomic E-state index is 10.1. The molecule has 0 saturated heterocycles. The Balaban J connectivity index is 4.11. The molecule has 0 heterocycles. The monoisotopic (exact) mass is 243 g/mol. The van der Waals surface area contributed by atoms with Crippen molar-refractivity contribution in [3.8, 4) is 0 Å². The van der Waals surface area contributed by atoms with Crippen molar-refractivity contribution < 1.29 is 39.2 Å². The molecule has 8 nitrogen and oxygen atoms in total. The average molecular weight is 243 g/mol. The summed E-state index contributed by atoms with van der Waals surface area (Å²) < 4.78 is 14.1. The summed E-state index contributed by atoms with van der Waals surface area (Å²) in [6.07, 6.45) is -7.32. The normalized spacial score (nSPS) is 20.2. The second kappa shape index (κ2) is 6.91. The predicted molar refractivity (Wildman–Crippen MR) is 45.9 cm³/mol. The van der Waals surface area contributed by atoms with Gasteiger partial charge >= 0.3 is 8.25 Å². The van der Waals surface area contributed by atoms with Crippen LogP contribution in [0.1, 0.15) is 0 Å². The van der Waals surface area contributed by atoms with Gasteiger partial charge in [0.1, 0.15) is 31.0 Å². The van der Waals surface area contributed by atoms with Crippen molar-refractivity contribution in [3.05, 3.63) is 0 Å². The minimum Gasteiger partial charge on any atom is -0.388 e. The molecule has 15 heavy (non-hydrogen) atoms. The van der Waals surface area contributed by atoms with E-state index in [2.05, 4.69) is 4.52 Å². The molecule has 0 aliphatic carbocycles. The van der Waals surface area contributed by atoms with Crippen LogP contribution in [0.3, 0.4) is 0 Å². The van der Waals surface area contributed by atoms with E-state index in [0.717, 1.165) is 0 Å². The van der Waals surface area contributed by atoms with E-state index < -0.39 is 39.3 Å². The fraction of sp³-hybridized carbons (Fsp3) is 0.833. The fourth-order valence-corrected chi connectivity index (χ4v) is 1.03. The Labute approximate surface area is 85.7 Å². The highest BCUT2D eigenvalue weighted by Gasteiger charge is 2.32. The summed E-state index contributed by atoms with van der Waals surface area (Å²) in [7, 11) is -2.93. The molecule has 0 amide bonds. The third kappa shape index (κ3) is 5.24. The lowest BCUT2D eigenvalue weighted by atomic mass is 10.0. The largest absolute Gasteiger partial charge is 0.694 e. The summed E-state index contributed by atoms with van der Waals surface area (Å²) in [5.74, 6) is 0. The first-order chi connectivity index (χ1) is 6.90. The summed E-state index contributed by atoms with van der Waals surface area (Å²) in [6.45, 7) is -0.713. The van der Waals surface area contributed by atoms with Crippen molar-refractivity contribution in [1.29, 1.82) is 0 Å². The molecule has 1 unspecified atom stereocenters. The summed E-state index contributed by atoms with van der Waals surface area (Å²) in [6, 6.07) is 0. The summed E-state index contributed by atoms with van der Waals surface area (Å²) in [4.78, 5) is 18.2. The second-order valence-electron chi connectivity index (χ2n) is 2.71. The van der Waals surface area contributed by atoms with Gasteiger partial charge in [-0.25, -0.2) is 0 Å². The van der Waals surface area contributed by atoms with Crippen LogP contribution >= 0.6 is 8.25 Å². The summed E-state index contributed by atoms with van der Waals surface area (Å²) in [5, 5.41) is 36.0. The Kier molecular flexibility index (Phi) is 6.70. The Morgan fingerprint density at radius 3 is 2.13 bits per heavy atom. The van der Waals surface area contributed by atoms with Crippen molar-refractivity contribution in [2.24, 2.45) is 0 Å². The number of aliphatic hydroxyl groups excluding tert-OH is 4. The van der Waals surface area contributed by atoms with E-state index in [0.29, 0.717) is 0 Å². The maximum Gasteiger partial charge on any atom is 0.694 e. The lowest BCUT2D eigenvalue weighted by Gasteiger charge is -2.22. The molecule has 0 bridgehead atoms. The third-order valence-corrected chi connectivity index (χ3v) is 1.96. The second-order valence-corrected chi connectivity index (χ2v) is 3.44. The van der Waals surface area contributed by atoms with Gasteiger partial charge in [-0.15, -0.1) is 9.42 Å². The Morgan fingerprint density at radius 1 is 1.20 bits per heavy atom. The third-order valence-electron chi connectivity index (χ3n) is 1.59. The zero-order chi connectivity index (χ0) is 12.0. The molecule has 0 aliphatic heterocycles. The van der Waals surface area contributed by atoms with Crippen LogP contribution in [0, 0.1) is 0 Å². The van der Waals surface area contributed by atoms with E-state index >= 15 is 0 Å². The van der Waals surface area contributed by atoms with E-state index in [1.807, 2.05) is 0 Å². The molecule has 0 saturated carbocycles. The van der Waals surface area contributed by atoms with Gasteiger partial charge in [0.2, 0.25) is 0 Å². The number of carbonyl (C=O) groups is 1. The van der Waals surface area contributed by atoms with Crippen LogP contribution in [0.5, 0.6) is 0 Å². The highest BCUT2D eigenvalue weighted by molar-refractivity contribution is 7.32. The molecule has 0 spiro atoms. The molecular weight excluding hydrogens is 231 g/mol. The lowest BCUT2D eigenvalue weighted by molar-refractivity contribution is -0.135. The first-order valence-electron chi connectivity index (χ1n) is 3.86. The number of aldehydes is 1. The molecule has 5 atom stereocenters. The van der Waals surface area contributed by atoms with Crippen LogP contribution in [0.25, 0.3) is 0 Å². The van der Waals surface area contributed by atoms with Crippen LogP contribution in [-0.4, -0.2) is 62.6 Å². The Morgan fingerprint density at radius 2 is 1.73 bits per heavy atom. The fourth-order valence-electron chi connectivity index (χ4n) is 0.749. The molecule has 0 aromatic rings. The SMILES string of the molecule is O=C[C@H](O)[C@H](O)[C@H](O)[C@H](O)CO[P+](=O)O. The molecule has 88 valence electrons. The van der Waals surface area contributed by atoms with Gasteiger partial charge < -0.3 is 25.2 Å². The highest BCUT2D eigenvalue weighted by atomic mass is 31.1. The molecule has 0 radical (unpaired) electrons. The minimum atomic E-state index is -2.93. The van der Waals surface area contributed by atoms with Gasteiger partial charge in [0.05, 0.1) is 0 Å². The van der Waals surface area contributed by atoms with Crippen molar-refractivity contribution >= 4 is 14.5 Å². The van der Waals surface area contributed by atoms with Crippen molar-refractivity contribution in [3.63, 3.8) is 0 Å². The number of aliphatic hydroxyl groups is 4. The van der Waals surface area contributed by atoms with E-state index in [1.165, 1.54) is 0 Å². The number of rotatable bonds is 7. The molecule has 0 aromatic heterocycles. The van der Waals surface area contributed by atoms with Crippen molar-refractivity contribution in [2.75, 3.05) is 6.61 Å². The van der Waals surface area contributed by atoms with E-state index in [-0.39, 0.29) is 6.29 Å². The van der Waals surface area contributed by atoms with Crippen LogP contribution < -0.4 is 0 Å². The minimum absolute atomic E-state index is 0.0198. The van der Waals surface area contributed by atoms with Gasteiger partial charge in [0, 0.05) is 4.57 Å². The smallest absolute Gasteiger partial charge is 0.388 e. The van der Waals surface area contributed by atoms with Crippen molar-refractivity contribution in [2.45, 2.75) is 24.4 Å². The Hall–Kier alpha value is -0.470. The van der Waals surface area contributed by atoms with Crippen LogP contribution in [0.15, 0.2) is 0 Å². The predicted octanol–water partition coefficient (Wildman–Crippen LogP) is -2.70. The molecule has 5 N–H and O–H groups in total. The van der Waals surface area contributed by atoms with Gasteiger partial charge in [-0.3, -0.25) is 0 Å². The van der Waals surface area contributed by atoms with Crippen LogP contribution in [0.2, 0.25) is 0 Å². The molecule has 0 rings (SSSR count). The standard InChI is InChI=1S/C6H11O8P/c7-1-3(8)5(10)6(11)4(9)2-14-15(12)13/h1,3-6,8-11H,2H2/p+1/t3-,4+,5-,6+/m0/s1. The van der Waals surface area contributed by atoms with Crippen LogP contribution in [-0.2, 0) is 13.9 Å². The zero-order valence-electron chi connectivity index (χ0n) is 7.50. The van der Waals surface area contributed by atoms with E-state index in [9.17, 15) is 9.36 Å². The Bertz CT molecular complexity index is 221. The van der Waals surface area contributed by atoms with Crippen LogP contribution in [0.4, 0.5) is 0 Å². The summed E-state index contributed by atoms with van der Waals surface area (Å²) in [5.41, 5.74) is 0.